The molecule has 0 aliphatic carbocycles. The number of hydrogen-bond donors (Lipinski definition) is 0. The highest BCUT2D eigenvalue weighted by molar-refractivity contribution is 7.17. The van der Waals surface area contributed by atoms with Crippen LogP contribution in [-0.2, 0) is 0 Å². The van der Waals surface area contributed by atoms with E-state index < -0.39 is 0 Å². The lowest BCUT2D eigenvalue weighted by Crippen LogP contribution is -2.08. The molecule has 2 rings (SSSR count). The largest absolute Gasteiger partial charge is 0.376 e. The van der Waals surface area contributed by atoms with Gasteiger partial charge in [0.05, 0.1) is 21.4 Å². The topological polar surface area (TPSA) is 16.1 Å². The Balaban J connectivity index is 2.73. The number of rotatable bonds is 1. The van der Waals surface area contributed by atoms with Gasteiger partial charge < -0.3 is 4.90 Å². The Morgan fingerprint density at radius 2 is 2.17 bits per heavy atom. The summed E-state index contributed by atoms with van der Waals surface area (Å²) in [6.07, 6.45) is 0. The molecular formula is C9H10N2S. The zero-order chi connectivity index (χ0) is 8.55. The van der Waals surface area contributed by atoms with Crippen LogP contribution in [0.4, 0.5) is 5.69 Å². The molecule has 0 aliphatic rings. The van der Waals surface area contributed by atoms with Gasteiger partial charge in [-0.15, -0.1) is 11.3 Å². The Hall–Kier alpha value is -1.09. The lowest BCUT2D eigenvalue weighted by Gasteiger charge is -2.12. The van der Waals surface area contributed by atoms with Crippen LogP contribution in [0.3, 0.4) is 0 Å². The maximum atomic E-state index is 4.25. The van der Waals surface area contributed by atoms with Crippen molar-refractivity contribution < 1.29 is 0 Å². The minimum atomic E-state index is 1.09. The summed E-state index contributed by atoms with van der Waals surface area (Å²) in [5, 5.41) is 0. The molecule has 3 heteroatoms. The molecule has 0 bridgehead atoms. The van der Waals surface area contributed by atoms with Crippen LogP contribution >= 0.6 is 11.3 Å². The van der Waals surface area contributed by atoms with Crippen LogP contribution in [-0.4, -0.2) is 19.1 Å². The summed E-state index contributed by atoms with van der Waals surface area (Å²) >= 11 is 1.69. The van der Waals surface area contributed by atoms with E-state index in [0.717, 1.165) is 5.52 Å². The molecule has 0 atom stereocenters. The molecule has 0 saturated heterocycles. The fraction of sp³-hybridized carbons (Fsp3) is 0.222. The first-order valence-electron chi connectivity index (χ1n) is 3.78. The van der Waals surface area contributed by atoms with E-state index in [0.29, 0.717) is 0 Å². The monoisotopic (exact) mass is 178 g/mol. The maximum Gasteiger partial charge on any atom is 0.0833 e. The Morgan fingerprint density at radius 3 is 2.92 bits per heavy atom. The van der Waals surface area contributed by atoms with Gasteiger partial charge in [0.1, 0.15) is 0 Å². The van der Waals surface area contributed by atoms with Gasteiger partial charge in [-0.25, -0.2) is 4.98 Å². The van der Waals surface area contributed by atoms with E-state index in [1.54, 1.807) is 11.3 Å². The van der Waals surface area contributed by atoms with E-state index in [9.17, 15) is 0 Å². The molecule has 1 aromatic carbocycles. The number of benzene rings is 1. The molecule has 0 spiro atoms. The van der Waals surface area contributed by atoms with Gasteiger partial charge >= 0.3 is 0 Å². The van der Waals surface area contributed by atoms with E-state index in [1.807, 2.05) is 17.6 Å². The van der Waals surface area contributed by atoms with Crippen molar-refractivity contribution in [3.63, 3.8) is 0 Å². The summed E-state index contributed by atoms with van der Waals surface area (Å²) in [5.74, 6) is 0. The predicted octanol–water partition coefficient (Wildman–Crippen LogP) is 2.36. The average Bonchev–Trinajstić information content (AvgIpc) is 2.49. The number of aromatic nitrogens is 1. The van der Waals surface area contributed by atoms with Crippen molar-refractivity contribution in [1.29, 1.82) is 0 Å². The fourth-order valence-corrected chi connectivity index (χ4v) is 2.11. The average molecular weight is 178 g/mol. The zero-order valence-corrected chi connectivity index (χ0v) is 7.93. The third-order valence-corrected chi connectivity index (χ3v) is 2.68. The van der Waals surface area contributed by atoms with Crippen molar-refractivity contribution in [3.8, 4) is 0 Å². The van der Waals surface area contributed by atoms with Crippen LogP contribution in [0.25, 0.3) is 10.2 Å². The summed E-state index contributed by atoms with van der Waals surface area (Å²) in [5.41, 5.74) is 4.22. The first-order chi connectivity index (χ1) is 5.79. The molecule has 0 N–H and O–H groups in total. The van der Waals surface area contributed by atoms with Crippen molar-refractivity contribution in [3.05, 3.63) is 23.7 Å². The molecule has 2 aromatic rings. The summed E-state index contributed by atoms with van der Waals surface area (Å²) < 4.78 is 1.27. The van der Waals surface area contributed by atoms with Crippen LogP contribution in [0.1, 0.15) is 0 Å². The standard InChI is InChI=1S/C9H10N2S/c1-11(2)8-5-3-4-7-9(8)12-6-10-7/h3-6H,1-2H3. The molecule has 2 nitrogen and oxygen atoms in total. The molecule has 0 aliphatic heterocycles. The number of hydrogen-bond acceptors (Lipinski definition) is 3. The summed E-state index contributed by atoms with van der Waals surface area (Å²) in [4.78, 5) is 6.37. The lowest BCUT2D eigenvalue weighted by molar-refractivity contribution is 1.14. The van der Waals surface area contributed by atoms with Gasteiger partial charge in [-0.3, -0.25) is 0 Å². The molecular weight excluding hydrogens is 168 g/mol. The number of thiazole rings is 1. The minimum Gasteiger partial charge on any atom is -0.376 e. The fourth-order valence-electron chi connectivity index (χ4n) is 1.22. The highest BCUT2D eigenvalue weighted by Gasteiger charge is 2.03. The quantitative estimate of drug-likeness (QED) is 0.666. The first kappa shape index (κ1) is 7.55. The van der Waals surface area contributed by atoms with Crippen LogP contribution in [0, 0.1) is 0 Å². The number of anilines is 1. The third-order valence-electron chi connectivity index (χ3n) is 1.82. The smallest absolute Gasteiger partial charge is 0.0833 e. The van der Waals surface area contributed by atoms with Crippen molar-refractivity contribution in [1.82, 2.24) is 4.98 Å². The Bertz CT molecular complexity index is 392. The van der Waals surface area contributed by atoms with Gasteiger partial charge in [0, 0.05) is 14.1 Å². The number of nitrogens with zero attached hydrogens (tertiary/aromatic N) is 2. The highest BCUT2D eigenvalue weighted by atomic mass is 32.1. The van der Waals surface area contributed by atoms with E-state index >= 15 is 0 Å². The van der Waals surface area contributed by atoms with Gasteiger partial charge in [-0.05, 0) is 12.1 Å². The molecule has 0 saturated carbocycles. The summed E-state index contributed by atoms with van der Waals surface area (Å²) in [6.45, 7) is 0. The molecule has 0 unspecified atom stereocenters. The Kier molecular flexibility index (Phi) is 1.73. The third kappa shape index (κ3) is 1.06. The lowest BCUT2D eigenvalue weighted by atomic mass is 10.3. The van der Waals surface area contributed by atoms with E-state index in [1.165, 1.54) is 10.4 Å². The molecule has 1 aromatic heterocycles. The number of fused-ring (bicyclic) bond motifs is 1. The normalized spacial score (nSPS) is 10.5. The van der Waals surface area contributed by atoms with Crippen LogP contribution in [0.15, 0.2) is 23.7 Å². The first-order valence-corrected chi connectivity index (χ1v) is 4.66. The van der Waals surface area contributed by atoms with Crippen LogP contribution < -0.4 is 4.90 Å². The van der Waals surface area contributed by atoms with Crippen molar-refractivity contribution in [2.45, 2.75) is 0 Å². The van der Waals surface area contributed by atoms with Gasteiger partial charge in [-0.2, -0.15) is 0 Å². The molecule has 12 heavy (non-hydrogen) atoms. The molecule has 1 heterocycles. The second-order valence-corrected chi connectivity index (χ2v) is 3.73. The van der Waals surface area contributed by atoms with Gasteiger partial charge in [0.2, 0.25) is 0 Å². The highest BCUT2D eigenvalue weighted by Crippen LogP contribution is 2.27. The van der Waals surface area contributed by atoms with Gasteiger partial charge in [0.15, 0.2) is 0 Å². The van der Waals surface area contributed by atoms with Gasteiger partial charge in [-0.1, -0.05) is 6.07 Å². The molecule has 0 fully saturated rings. The van der Waals surface area contributed by atoms with Gasteiger partial charge in [0.25, 0.3) is 0 Å². The molecule has 0 radical (unpaired) electrons. The summed E-state index contributed by atoms with van der Waals surface area (Å²) in [7, 11) is 4.10. The molecule has 62 valence electrons. The second-order valence-electron chi connectivity index (χ2n) is 2.87. The van der Waals surface area contributed by atoms with Crippen LogP contribution in [0.2, 0.25) is 0 Å². The van der Waals surface area contributed by atoms with E-state index in [-0.39, 0.29) is 0 Å². The van der Waals surface area contributed by atoms with Crippen molar-refractivity contribution in [2.24, 2.45) is 0 Å². The van der Waals surface area contributed by atoms with Crippen molar-refractivity contribution >= 4 is 27.2 Å². The summed E-state index contributed by atoms with van der Waals surface area (Å²) in [6, 6.07) is 6.19. The SMILES string of the molecule is CN(C)c1cccc2ncsc12. The Morgan fingerprint density at radius 1 is 1.33 bits per heavy atom. The minimum absolute atomic E-state index is 1.09. The zero-order valence-electron chi connectivity index (χ0n) is 7.11. The predicted molar refractivity (Wildman–Crippen MR) is 53.9 cm³/mol. The van der Waals surface area contributed by atoms with E-state index in [2.05, 4.69) is 30.0 Å². The van der Waals surface area contributed by atoms with E-state index in [4.69, 9.17) is 0 Å². The van der Waals surface area contributed by atoms with Crippen LogP contribution in [0.5, 0.6) is 0 Å². The van der Waals surface area contributed by atoms with Crippen molar-refractivity contribution in [2.75, 3.05) is 19.0 Å². The molecule has 0 amide bonds. The second kappa shape index (κ2) is 2.75. The Labute approximate surface area is 75.5 Å². The maximum absolute atomic E-state index is 4.25.